The van der Waals surface area contributed by atoms with Crippen molar-refractivity contribution in [2.45, 2.75) is 6.42 Å². The van der Waals surface area contributed by atoms with Crippen LogP contribution in [-0.4, -0.2) is 65.3 Å². The molecule has 0 unspecified atom stereocenters. The molecule has 0 aromatic heterocycles. The monoisotopic (exact) mass is 424 g/mol. The normalized spacial score (nSPS) is 14.9. The van der Waals surface area contributed by atoms with Crippen molar-refractivity contribution in [2.24, 2.45) is 9.98 Å². The number of nitrogens with zero attached hydrogens (tertiary/aromatic N) is 2. The molecule has 0 atom stereocenters. The van der Waals surface area contributed by atoms with E-state index in [0.717, 1.165) is 55.4 Å². The van der Waals surface area contributed by atoms with Crippen LogP contribution in [-0.2, 0) is 0 Å². The topological polar surface area (TPSA) is 85.7 Å². The van der Waals surface area contributed by atoms with Gasteiger partial charge in [-0.2, -0.15) is 0 Å². The minimum atomic E-state index is 0.510. The molecule has 0 saturated carbocycles. The van der Waals surface area contributed by atoms with Gasteiger partial charge in [-0.15, -0.1) is 0 Å². The summed E-state index contributed by atoms with van der Waals surface area (Å²) < 4.78 is 22.8. The summed E-state index contributed by atoms with van der Waals surface area (Å²) >= 11 is 0. The van der Waals surface area contributed by atoms with Gasteiger partial charge in [-0.25, -0.2) is 0 Å². The van der Waals surface area contributed by atoms with Crippen LogP contribution in [0.25, 0.3) is 0 Å². The van der Waals surface area contributed by atoms with Crippen molar-refractivity contribution >= 4 is 11.7 Å². The molecule has 8 nitrogen and oxygen atoms in total. The molecule has 2 N–H and O–H groups in total. The van der Waals surface area contributed by atoms with E-state index in [1.807, 2.05) is 36.4 Å². The van der Waals surface area contributed by atoms with E-state index in [1.54, 1.807) is 14.2 Å². The highest BCUT2D eigenvalue weighted by Gasteiger charge is 2.14. The lowest BCUT2D eigenvalue weighted by Crippen LogP contribution is -2.19. The van der Waals surface area contributed by atoms with Crippen molar-refractivity contribution in [1.82, 2.24) is 10.6 Å². The third-order valence-electron chi connectivity index (χ3n) is 5.03. The number of rotatable bonds is 10. The second-order valence-electron chi connectivity index (χ2n) is 7.10. The summed E-state index contributed by atoms with van der Waals surface area (Å²) in [5.41, 5.74) is 2.00. The highest BCUT2D eigenvalue weighted by molar-refractivity contribution is 6.00. The lowest BCUT2D eigenvalue weighted by atomic mass is 10.2. The minimum Gasteiger partial charge on any atom is -0.493 e. The highest BCUT2D eigenvalue weighted by Crippen LogP contribution is 2.30. The van der Waals surface area contributed by atoms with Crippen LogP contribution in [0.1, 0.15) is 17.5 Å². The smallest absolute Gasteiger partial charge is 0.161 e. The van der Waals surface area contributed by atoms with Gasteiger partial charge in [0.1, 0.15) is 11.7 Å². The Bertz CT molecular complexity index is 897. The molecule has 0 bridgehead atoms. The molecule has 0 spiro atoms. The molecule has 0 fully saturated rings. The molecular formula is C23H28N4O4. The molecule has 2 aromatic rings. The summed E-state index contributed by atoms with van der Waals surface area (Å²) in [6.45, 7) is 4.36. The number of ether oxygens (including phenoxy) is 4. The predicted octanol–water partition coefficient (Wildman–Crippen LogP) is 2.25. The van der Waals surface area contributed by atoms with E-state index in [2.05, 4.69) is 20.6 Å². The Balaban J connectivity index is 1.28. The third-order valence-corrected chi connectivity index (χ3v) is 5.03. The maximum absolute atomic E-state index is 5.91. The Morgan fingerprint density at radius 2 is 1.19 bits per heavy atom. The number of hydrogen-bond donors (Lipinski definition) is 2. The van der Waals surface area contributed by atoms with Gasteiger partial charge < -0.3 is 29.6 Å². The fourth-order valence-electron chi connectivity index (χ4n) is 3.47. The van der Waals surface area contributed by atoms with Crippen LogP contribution in [0, 0.1) is 0 Å². The van der Waals surface area contributed by atoms with Crippen molar-refractivity contribution in [2.75, 3.05) is 53.6 Å². The first-order valence-corrected chi connectivity index (χ1v) is 10.5. The average molecular weight is 425 g/mol. The summed E-state index contributed by atoms with van der Waals surface area (Å²) in [5.74, 6) is 4.59. The second kappa shape index (κ2) is 10.1. The largest absolute Gasteiger partial charge is 0.493 e. The standard InChI is InChI=1S/C23H28N4O4/c1-28-20-14-16(22-24-8-9-25-22)4-6-18(20)30-12-3-13-31-19-7-5-17(15-21(19)29-2)23-26-10-11-27-23/h4-7,14-15H,3,8-13H2,1-2H3,(H,24,25)(H,26,27). The maximum atomic E-state index is 5.91. The zero-order valence-corrected chi connectivity index (χ0v) is 17.9. The number of methoxy groups -OCH3 is 2. The maximum Gasteiger partial charge on any atom is 0.161 e. The van der Waals surface area contributed by atoms with Gasteiger partial charge in [0.2, 0.25) is 0 Å². The van der Waals surface area contributed by atoms with E-state index >= 15 is 0 Å². The molecule has 0 radical (unpaired) electrons. The van der Waals surface area contributed by atoms with Gasteiger partial charge in [-0.05, 0) is 36.4 Å². The van der Waals surface area contributed by atoms with Crippen LogP contribution < -0.4 is 29.6 Å². The van der Waals surface area contributed by atoms with Gasteiger partial charge in [0.05, 0.1) is 40.5 Å². The van der Waals surface area contributed by atoms with Crippen LogP contribution in [0.4, 0.5) is 0 Å². The first-order valence-electron chi connectivity index (χ1n) is 10.5. The first-order chi connectivity index (χ1) is 15.3. The molecule has 2 aliphatic heterocycles. The fourth-order valence-corrected chi connectivity index (χ4v) is 3.47. The Morgan fingerprint density at radius 3 is 1.58 bits per heavy atom. The van der Waals surface area contributed by atoms with Crippen LogP contribution >= 0.6 is 0 Å². The lowest BCUT2D eigenvalue weighted by Gasteiger charge is -2.14. The van der Waals surface area contributed by atoms with Crippen molar-refractivity contribution in [1.29, 1.82) is 0 Å². The van der Waals surface area contributed by atoms with E-state index in [1.165, 1.54) is 0 Å². The minimum absolute atomic E-state index is 0.510. The number of nitrogens with one attached hydrogen (secondary N) is 2. The van der Waals surface area contributed by atoms with Crippen LogP contribution in [0.3, 0.4) is 0 Å². The summed E-state index contributed by atoms with van der Waals surface area (Å²) in [4.78, 5) is 8.88. The number of benzene rings is 2. The zero-order valence-electron chi connectivity index (χ0n) is 17.9. The molecule has 4 rings (SSSR count). The molecule has 0 saturated heterocycles. The molecule has 0 amide bonds. The van der Waals surface area contributed by atoms with Crippen molar-refractivity contribution < 1.29 is 18.9 Å². The molecule has 164 valence electrons. The Morgan fingerprint density at radius 1 is 0.710 bits per heavy atom. The highest BCUT2D eigenvalue weighted by atomic mass is 16.5. The zero-order chi connectivity index (χ0) is 21.5. The Kier molecular flexibility index (Phi) is 6.76. The average Bonchev–Trinajstić information content (AvgIpc) is 3.53. The van der Waals surface area contributed by atoms with Gasteiger partial charge in [-0.3, -0.25) is 9.98 Å². The van der Waals surface area contributed by atoms with Crippen LogP contribution in [0.2, 0.25) is 0 Å². The molecular weight excluding hydrogens is 396 g/mol. The van der Waals surface area contributed by atoms with E-state index < -0.39 is 0 Å². The molecule has 8 heteroatoms. The number of hydrogen-bond acceptors (Lipinski definition) is 8. The SMILES string of the molecule is COc1cc(C2=NCCN2)ccc1OCCCOc1ccc(C2=NCCN2)cc1OC. The molecule has 2 aliphatic rings. The molecule has 2 heterocycles. The Labute approximate surface area is 182 Å². The first kappa shape index (κ1) is 20.8. The summed E-state index contributed by atoms with van der Waals surface area (Å²) in [7, 11) is 3.28. The van der Waals surface area contributed by atoms with E-state index in [4.69, 9.17) is 18.9 Å². The van der Waals surface area contributed by atoms with Crippen LogP contribution in [0.5, 0.6) is 23.0 Å². The summed E-state index contributed by atoms with van der Waals surface area (Å²) in [6, 6.07) is 11.7. The third kappa shape index (κ3) is 5.02. The van der Waals surface area contributed by atoms with E-state index in [0.29, 0.717) is 36.2 Å². The van der Waals surface area contributed by atoms with Crippen molar-refractivity contribution in [3.63, 3.8) is 0 Å². The van der Waals surface area contributed by atoms with Gasteiger partial charge in [0.15, 0.2) is 23.0 Å². The van der Waals surface area contributed by atoms with Crippen molar-refractivity contribution in [3.8, 4) is 23.0 Å². The lowest BCUT2D eigenvalue weighted by molar-refractivity contribution is 0.234. The van der Waals surface area contributed by atoms with Crippen molar-refractivity contribution in [3.05, 3.63) is 47.5 Å². The predicted molar refractivity (Wildman–Crippen MR) is 120 cm³/mol. The van der Waals surface area contributed by atoms with Gasteiger partial charge in [0.25, 0.3) is 0 Å². The Hall–Kier alpha value is -3.42. The van der Waals surface area contributed by atoms with E-state index in [-0.39, 0.29) is 0 Å². The van der Waals surface area contributed by atoms with E-state index in [9.17, 15) is 0 Å². The molecule has 2 aromatic carbocycles. The fraction of sp³-hybridized carbons (Fsp3) is 0.391. The molecule has 0 aliphatic carbocycles. The molecule has 31 heavy (non-hydrogen) atoms. The van der Waals surface area contributed by atoms with Gasteiger partial charge >= 0.3 is 0 Å². The van der Waals surface area contributed by atoms with Gasteiger partial charge in [0, 0.05) is 30.6 Å². The van der Waals surface area contributed by atoms with Gasteiger partial charge in [-0.1, -0.05) is 0 Å². The second-order valence-corrected chi connectivity index (χ2v) is 7.10. The van der Waals surface area contributed by atoms with Crippen LogP contribution in [0.15, 0.2) is 46.4 Å². The summed E-state index contributed by atoms with van der Waals surface area (Å²) in [6.07, 6.45) is 0.721. The quantitative estimate of drug-likeness (QED) is 0.569. The summed E-state index contributed by atoms with van der Waals surface area (Å²) in [5, 5.41) is 6.53. The number of amidine groups is 2. The number of aliphatic imine (C=N–C) groups is 2.